The third kappa shape index (κ3) is 2.60. The van der Waals surface area contributed by atoms with Gasteiger partial charge in [0.15, 0.2) is 0 Å². The van der Waals surface area contributed by atoms with Crippen LogP contribution in [0.1, 0.15) is 18.9 Å². The molecule has 132 valence electrons. The van der Waals surface area contributed by atoms with Crippen molar-refractivity contribution in [2.24, 2.45) is 0 Å². The zero-order valence-electron chi connectivity index (χ0n) is 15.4. The number of aromatic amines is 1. The molecule has 0 saturated carbocycles. The molecular weight excluding hydrogens is 322 g/mol. The number of methoxy groups -OCH3 is 2. The van der Waals surface area contributed by atoms with Gasteiger partial charge in [-0.1, -0.05) is 37.6 Å². The van der Waals surface area contributed by atoms with E-state index in [4.69, 9.17) is 9.47 Å². The molecule has 0 unspecified atom stereocenters. The zero-order valence-corrected chi connectivity index (χ0v) is 15.4. The fourth-order valence-electron chi connectivity index (χ4n) is 3.78. The number of H-pyrrole nitrogens is 1. The van der Waals surface area contributed by atoms with Crippen LogP contribution in [-0.4, -0.2) is 19.2 Å². The Bertz CT molecular complexity index is 1060. The Hall–Kier alpha value is -2.94. The molecule has 1 heterocycles. The van der Waals surface area contributed by atoms with E-state index in [0.717, 1.165) is 40.8 Å². The predicted octanol–water partition coefficient (Wildman–Crippen LogP) is 5.96. The quantitative estimate of drug-likeness (QED) is 0.484. The Kier molecular flexibility index (Phi) is 4.29. The fraction of sp³-hybridized carbons (Fsp3) is 0.217. The molecule has 0 aliphatic rings. The van der Waals surface area contributed by atoms with Gasteiger partial charge in [0.05, 0.1) is 19.7 Å². The summed E-state index contributed by atoms with van der Waals surface area (Å²) in [7, 11) is 3.43. The van der Waals surface area contributed by atoms with Gasteiger partial charge >= 0.3 is 0 Å². The van der Waals surface area contributed by atoms with E-state index in [-0.39, 0.29) is 0 Å². The summed E-state index contributed by atoms with van der Waals surface area (Å²) >= 11 is 0. The van der Waals surface area contributed by atoms with Crippen molar-refractivity contribution < 1.29 is 9.47 Å². The van der Waals surface area contributed by atoms with Crippen molar-refractivity contribution in [3.8, 4) is 22.6 Å². The van der Waals surface area contributed by atoms with Gasteiger partial charge in [0.1, 0.15) is 11.5 Å². The zero-order chi connectivity index (χ0) is 18.1. The number of hydrogen-bond donors (Lipinski definition) is 1. The Morgan fingerprint density at radius 2 is 1.58 bits per heavy atom. The average molecular weight is 345 g/mol. The van der Waals surface area contributed by atoms with Gasteiger partial charge in [-0.25, -0.2) is 0 Å². The van der Waals surface area contributed by atoms with Crippen LogP contribution in [0.4, 0.5) is 0 Å². The second-order valence-electron chi connectivity index (χ2n) is 6.51. The van der Waals surface area contributed by atoms with Gasteiger partial charge in [0.25, 0.3) is 0 Å². The molecule has 3 heteroatoms. The van der Waals surface area contributed by atoms with E-state index in [9.17, 15) is 0 Å². The number of rotatable bonds is 5. The minimum Gasteiger partial charge on any atom is -0.497 e. The summed E-state index contributed by atoms with van der Waals surface area (Å²) in [6, 6.07) is 18.9. The molecule has 0 atom stereocenters. The average Bonchev–Trinajstić information content (AvgIpc) is 3.07. The Morgan fingerprint density at radius 3 is 2.27 bits per heavy atom. The highest BCUT2D eigenvalue weighted by Gasteiger charge is 2.17. The molecule has 0 saturated heterocycles. The second-order valence-corrected chi connectivity index (χ2v) is 6.51. The van der Waals surface area contributed by atoms with Crippen LogP contribution in [-0.2, 0) is 6.42 Å². The summed E-state index contributed by atoms with van der Waals surface area (Å²) in [4.78, 5) is 3.55. The molecule has 0 amide bonds. The Labute approximate surface area is 153 Å². The first-order valence-corrected chi connectivity index (χ1v) is 9.01. The molecule has 4 rings (SSSR count). The molecule has 0 fully saturated rings. The largest absolute Gasteiger partial charge is 0.497 e. The second kappa shape index (κ2) is 6.75. The number of hydrogen-bond acceptors (Lipinski definition) is 2. The predicted molar refractivity (Wildman–Crippen MR) is 108 cm³/mol. The molecule has 3 aromatic carbocycles. The highest BCUT2D eigenvalue weighted by atomic mass is 16.5. The molecule has 1 N–H and O–H groups in total. The van der Waals surface area contributed by atoms with E-state index in [1.807, 2.05) is 24.3 Å². The third-order valence-electron chi connectivity index (χ3n) is 4.96. The lowest BCUT2D eigenvalue weighted by molar-refractivity contribution is 0.415. The van der Waals surface area contributed by atoms with Crippen molar-refractivity contribution in [1.82, 2.24) is 4.98 Å². The van der Waals surface area contributed by atoms with Crippen molar-refractivity contribution >= 4 is 21.8 Å². The van der Waals surface area contributed by atoms with Crippen LogP contribution in [0.25, 0.3) is 32.9 Å². The monoisotopic (exact) mass is 345 g/mol. The molecular formula is C23H23NO2. The number of fused-ring (bicyclic) bond motifs is 3. The van der Waals surface area contributed by atoms with Gasteiger partial charge in [0, 0.05) is 16.3 Å². The highest BCUT2D eigenvalue weighted by Crippen LogP contribution is 2.41. The van der Waals surface area contributed by atoms with Crippen LogP contribution in [0.3, 0.4) is 0 Å². The standard InChI is InChI=1S/C23H23NO2/c1-4-6-15-11-14-19-23(21(15)16-9-12-17(25-2)13-10-16)22-18(24-19)7-5-8-20(22)26-3/h5,7-14,24H,4,6H2,1-3H3. The van der Waals surface area contributed by atoms with Crippen molar-refractivity contribution in [1.29, 1.82) is 0 Å². The molecule has 26 heavy (non-hydrogen) atoms. The normalized spacial score (nSPS) is 11.2. The van der Waals surface area contributed by atoms with E-state index in [0.29, 0.717) is 0 Å². The summed E-state index contributed by atoms with van der Waals surface area (Å²) in [6.45, 7) is 2.22. The first-order chi connectivity index (χ1) is 12.8. The van der Waals surface area contributed by atoms with E-state index in [2.05, 4.69) is 42.2 Å². The molecule has 0 spiro atoms. The summed E-state index contributed by atoms with van der Waals surface area (Å²) in [5.41, 5.74) is 6.07. The van der Waals surface area contributed by atoms with Gasteiger partial charge < -0.3 is 14.5 Å². The first-order valence-electron chi connectivity index (χ1n) is 9.01. The lowest BCUT2D eigenvalue weighted by Gasteiger charge is -2.13. The van der Waals surface area contributed by atoms with E-state index < -0.39 is 0 Å². The van der Waals surface area contributed by atoms with Crippen molar-refractivity contribution in [3.63, 3.8) is 0 Å². The lowest BCUT2D eigenvalue weighted by Crippen LogP contribution is -1.92. The maximum atomic E-state index is 5.68. The number of ether oxygens (including phenoxy) is 2. The van der Waals surface area contributed by atoms with Gasteiger partial charge in [-0.15, -0.1) is 0 Å². The molecule has 0 aliphatic heterocycles. The maximum Gasteiger partial charge on any atom is 0.128 e. The van der Waals surface area contributed by atoms with Crippen LogP contribution in [0.2, 0.25) is 0 Å². The first kappa shape index (κ1) is 16.5. The van der Waals surface area contributed by atoms with Crippen LogP contribution in [0.5, 0.6) is 11.5 Å². The molecule has 3 nitrogen and oxygen atoms in total. The van der Waals surface area contributed by atoms with Crippen LogP contribution >= 0.6 is 0 Å². The number of aryl methyl sites for hydroxylation is 1. The summed E-state index contributed by atoms with van der Waals surface area (Å²) in [5.74, 6) is 1.77. The van der Waals surface area contributed by atoms with Crippen molar-refractivity contribution in [2.45, 2.75) is 19.8 Å². The summed E-state index contributed by atoms with van der Waals surface area (Å²) in [5, 5.41) is 2.38. The van der Waals surface area contributed by atoms with E-state index >= 15 is 0 Å². The van der Waals surface area contributed by atoms with Crippen molar-refractivity contribution in [2.75, 3.05) is 14.2 Å². The van der Waals surface area contributed by atoms with Crippen LogP contribution in [0.15, 0.2) is 54.6 Å². The minimum absolute atomic E-state index is 0.870. The number of benzene rings is 3. The molecule has 0 bridgehead atoms. The molecule has 0 aliphatic carbocycles. The lowest BCUT2D eigenvalue weighted by atomic mass is 9.92. The van der Waals surface area contributed by atoms with Gasteiger partial charge in [-0.3, -0.25) is 0 Å². The SMILES string of the molecule is CCCc1ccc2[nH]c3cccc(OC)c3c2c1-c1ccc(OC)cc1. The fourth-order valence-corrected chi connectivity index (χ4v) is 3.78. The number of nitrogens with one attached hydrogen (secondary N) is 1. The van der Waals surface area contributed by atoms with Crippen LogP contribution < -0.4 is 9.47 Å². The summed E-state index contributed by atoms with van der Waals surface area (Å²) in [6.07, 6.45) is 2.15. The summed E-state index contributed by atoms with van der Waals surface area (Å²) < 4.78 is 11.0. The molecule has 1 aromatic heterocycles. The van der Waals surface area contributed by atoms with Crippen LogP contribution in [0, 0.1) is 0 Å². The van der Waals surface area contributed by atoms with Crippen molar-refractivity contribution in [3.05, 3.63) is 60.2 Å². The van der Waals surface area contributed by atoms with Gasteiger partial charge in [0.2, 0.25) is 0 Å². The topological polar surface area (TPSA) is 34.2 Å². The Balaban J connectivity index is 2.10. The van der Waals surface area contributed by atoms with E-state index in [1.54, 1.807) is 14.2 Å². The van der Waals surface area contributed by atoms with E-state index in [1.165, 1.54) is 22.1 Å². The maximum absolute atomic E-state index is 5.68. The highest BCUT2D eigenvalue weighted by molar-refractivity contribution is 6.17. The van der Waals surface area contributed by atoms with Gasteiger partial charge in [-0.05, 0) is 53.4 Å². The van der Waals surface area contributed by atoms with Gasteiger partial charge in [-0.2, -0.15) is 0 Å². The smallest absolute Gasteiger partial charge is 0.128 e. The minimum atomic E-state index is 0.870. The Morgan fingerprint density at radius 1 is 0.808 bits per heavy atom. The molecule has 4 aromatic rings. The molecule has 0 radical (unpaired) electrons. The number of aromatic nitrogens is 1. The third-order valence-corrected chi connectivity index (χ3v) is 4.96.